The Bertz CT molecular complexity index is 720. The summed E-state index contributed by atoms with van der Waals surface area (Å²) in [6.45, 7) is 4.39. The van der Waals surface area contributed by atoms with Crippen molar-refractivity contribution in [3.05, 3.63) is 53.2 Å². The first-order valence-electron chi connectivity index (χ1n) is 8.91. The molecule has 2 N–H and O–H groups in total. The Balaban J connectivity index is 1.58. The van der Waals surface area contributed by atoms with E-state index in [1.807, 2.05) is 31.3 Å². The number of aromatic nitrogens is 1. The number of nitrogens with one attached hydrogen (secondary N) is 1. The molecule has 1 aromatic heterocycles. The van der Waals surface area contributed by atoms with Crippen LogP contribution in [0.5, 0.6) is 5.75 Å². The molecule has 1 aliphatic heterocycles. The molecule has 1 saturated heterocycles. The highest BCUT2D eigenvalue weighted by Crippen LogP contribution is 2.19. The SMILES string of the molecule is Cc1ccc(C(=O)NCc2ccc(N3CCCCCC3)nc2)c(O)c1. The van der Waals surface area contributed by atoms with Crippen LogP contribution in [-0.2, 0) is 6.54 Å². The van der Waals surface area contributed by atoms with Crippen molar-refractivity contribution in [1.82, 2.24) is 10.3 Å². The zero-order valence-electron chi connectivity index (χ0n) is 14.7. The maximum absolute atomic E-state index is 12.2. The van der Waals surface area contributed by atoms with Crippen LogP contribution in [-0.4, -0.2) is 29.1 Å². The molecule has 1 amide bonds. The summed E-state index contributed by atoms with van der Waals surface area (Å²) in [5.74, 6) is 0.731. The number of amides is 1. The molecule has 5 nitrogen and oxygen atoms in total. The van der Waals surface area contributed by atoms with Gasteiger partial charge in [0.05, 0.1) is 5.56 Å². The fourth-order valence-electron chi connectivity index (χ4n) is 3.12. The second-order valence-corrected chi connectivity index (χ2v) is 6.63. The van der Waals surface area contributed by atoms with Crippen LogP contribution in [0.4, 0.5) is 5.82 Å². The normalized spacial score (nSPS) is 14.8. The van der Waals surface area contributed by atoms with Gasteiger partial charge in [-0.25, -0.2) is 4.98 Å². The quantitative estimate of drug-likeness (QED) is 0.896. The highest BCUT2D eigenvalue weighted by atomic mass is 16.3. The van der Waals surface area contributed by atoms with Gasteiger partial charge in [0.2, 0.25) is 0 Å². The fraction of sp³-hybridized carbons (Fsp3) is 0.400. The molecule has 3 rings (SSSR count). The van der Waals surface area contributed by atoms with Crippen LogP contribution >= 0.6 is 0 Å². The van der Waals surface area contributed by atoms with Crippen molar-refractivity contribution in [2.75, 3.05) is 18.0 Å². The monoisotopic (exact) mass is 339 g/mol. The summed E-state index contributed by atoms with van der Waals surface area (Å²) in [6.07, 6.45) is 6.85. The summed E-state index contributed by atoms with van der Waals surface area (Å²) in [6, 6.07) is 9.07. The molecule has 132 valence electrons. The first kappa shape index (κ1) is 17.3. The van der Waals surface area contributed by atoms with Crippen LogP contribution < -0.4 is 10.2 Å². The van der Waals surface area contributed by atoms with Crippen molar-refractivity contribution < 1.29 is 9.90 Å². The summed E-state index contributed by atoms with van der Waals surface area (Å²) in [4.78, 5) is 19.1. The number of phenolic OH excluding ortho intramolecular Hbond substituents is 1. The number of rotatable bonds is 4. The number of carbonyl (C=O) groups excluding carboxylic acids is 1. The number of benzene rings is 1. The number of phenols is 1. The number of pyridine rings is 1. The van der Waals surface area contributed by atoms with Gasteiger partial charge in [-0.1, -0.05) is 25.0 Å². The predicted octanol–water partition coefficient (Wildman–Crippen LogP) is 3.41. The third kappa shape index (κ3) is 4.50. The number of aromatic hydroxyl groups is 1. The molecule has 1 fully saturated rings. The van der Waals surface area contributed by atoms with E-state index in [-0.39, 0.29) is 11.7 Å². The van der Waals surface area contributed by atoms with Gasteiger partial charge in [-0.2, -0.15) is 0 Å². The van der Waals surface area contributed by atoms with E-state index in [4.69, 9.17) is 0 Å². The van der Waals surface area contributed by atoms with Crippen LogP contribution in [0.2, 0.25) is 0 Å². The Morgan fingerprint density at radius 3 is 2.56 bits per heavy atom. The Kier molecular flexibility index (Phi) is 5.53. The fourth-order valence-corrected chi connectivity index (χ4v) is 3.12. The van der Waals surface area contributed by atoms with Gasteiger partial charge >= 0.3 is 0 Å². The van der Waals surface area contributed by atoms with Gasteiger partial charge in [0.1, 0.15) is 11.6 Å². The molecule has 0 unspecified atom stereocenters. The lowest BCUT2D eigenvalue weighted by molar-refractivity contribution is 0.0948. The Labute approximate surface area is 148 Å². The van der Waals surface area contributed by atoms with Crippen molar-refractivity contribution in [3.8, 4) is 5.75 Å². The van der Waals surface area contributed by atoms with Gasteiger partial charge in [-0.05, 0) is 49.1 Å². The number of anilines is 1. The van der Waals surface area contributed by atoms with Gasteiger partial charge in [0.25, 0.3) is 5.91 Å². The summed E-state index contributed by atoms with van der Waals surface area (Å²) >= 11 is 0. The van der Waals surface area contributed by atoms with E-state index in [1.165, 1.54) is 25.7 Å². The Morgan fingerprint density at radius 1 is 1.16 bits per heavy atom. The van der Waals surface area contributed by atoms with Crippen molar-refractivity contribution in [3.63, 3.8) is 0 Å². The lowest BCUT2D eigenvalue weighted by Gasteiger charge is -2.21. The van der Waals surface area contributed by atoms with Crippen molar-refractivity contribution in [2.45, 2.75) is 39.2 Å². The molecule has 1 aromatic carbocycles. The number of carbonyl (C=O) groups is 1. The van der Waals surface area contributed by atoms with E-state index < -0.39 is 0 Å². The molecule has 0 atom stereocenters. The van der Waals surface area contributed by atoms with Gasteiger partial charge in [-0.15, -0.1) is 0 Å². The third-order valence-electron chi connectivity index (χ3n) is 4.59. The van der Waals surface area contributed by atoms with E-state index >= 15 is 0 Å². The maximum atomic E-state index is 12.2. The molecule has 0 saturated carbocycles. The minimum absolute atomic E-state index is 0.00661. The number of hydrogen-bond acceptors (Lipinski definition) is 4. The molecule has 25 heavy (non-hydrogen) atoms. The summed E-state index contributed by atoms with van der Waals surface area (Å²) in [5.41, 5.74) is 2.15. The minimum Gasteiger partial charge on any atom is -0.507 e. The number of aryl methyl sites for hydroxylation is 1. The van der Waals surface area contributed by atoms with Crippen LogP contribution in [0.25, 0.3) is 0 Å². The first-order valence-corrected chi connectivity index (χ1v) is 8.91. The minimum atomic E-state index is -0.283. The molecule has 1 aliphatic rings. The highest BCUT2D eigenvalue weighted by molar-refractivity contribution is 5.96. The number of nitrogens with zero attached hydrogens (tertiary/aromatic N) is 2. The maximum Gasteiger partial charge on any atom is 0.255 e. The molecule has 5 heteroatoms. The van der Waals surface area contributed by atoms with Gasteiger partial charge < -0.3 is 15.3 Å². The van der Waals surface area contributed by atoms with E-state index in [9.17, 15) is 9.90 Å². The molecular weight excluding hydrogens is 314 g/mol. The van der Waals surface area contributed by atoms with Crippen LogP contribution in [0.1, 0.15) is 47.2 Å². The second-order valence-electron chi connectivity index (χ2n) is 6.63. The number of hydrogen-bond donors (Lipinski definition) is 2. The van der Waals surface area contributed by atoms with E-state index in [2.05, 4.69) is 15.2 Å². The molecule has 2 heterocycles. The largest absolute Gasteiger partial charge is 0.507 e. The van der Waals surface area contributed by atoms with Crippen LogP contribution in [0.3, 0.4) is 0 Å². The summed E-state index contributed by atoms with van der Waals surface area (Å²) < 4.78 is 0. The average Bonchev–Trinajstić information content (AvgIpc) is 2.89. The van der Waals surface area contributed by atoms with Crippen LogP contribution in [0.15, 0.2) is 36.5 Å². The Hall–Kier alpha value is -2.56. The van der Waals surface area contributed by atoms with Crippen molar-refractivity contribution >= 4 is 11.7 Å². The van der Waals surface area contributed by atoms with Crippen molar-refractivity contribution in [2.24, 2.45) is 0 Å². The van der Waals surface area contributed by atoms with Gasteiger partial charge in [0, 0.05) is 25.8 Å². The lowest BCUT2D eigenvalue weighted by Crippen LogP contribution is -2.25. The molecule has 0 radical (unpaired) electrons. The molecule has 2 aromatic rings. The van der Waals surface area contributed by atoms with Crippen LogP contribution in [0, 0.1) is 6.92 Å². The molecule has 0 bridgehead atoms. The second kappa shape index (κ2) is 8.01. The van der Waals surface area contributed by atoms with E-state index in [0.717, 1.165) is 30.0 Å². The summed E-state index contributed by atoms with van der Waals surface area (Å²) in [7, 11) is 0. The highest BCUT2D eigenvalue weighted by Gasteiger charge is 2.12. The average molecular weight is 339 g/mol. The molecular formula is C20H25N3O2. The zero-order valence-corrected chi connectivity index (χ0v) is 14.7. The van der Waals surface area contributed by atoms with E-state index in [0.29, 0.717) is 12.1 Å². The summed E-state index contributed by atoms with van der Waals surface area (Å²) in [5, 5.41) is 12.7. The standard InChI is InChI=1S/C20H25N3O2/c1-15-6-8-17(18(24)12-15)20(25)22-14-16-7-9-19(21-13-16)23-10-4-2-3-5-11-23/h6-9,12-13,24H,2-5,10-11,14H2,1H3,(H,22,25). The third-order valence-corrected chi connectivity index (χ3v) is 4.59. The Morgan fingerprint density at radius 2 is 1.92 bits per heavy atom. The predicted molar refractivity (Wildman–Crippen MR) is 98.9 cm³/mol. The topological polar surface area (TPSA) is 65.5 Å². The van der Waals surface area contributed by atoms with E-state index in [1.54, 1.807) is 12.1 Å². The smallest absolute Gasteiger partial charge is 0.255 e. The zero-order chi connectivity index (χ0) is 17.6. The molecule has 0 aliphatic carbocycles. The molecule has 0 spiro atoms. The van der Waals surface area contributed by atoms with Gasteiger partial charge in [0.15, 0.2) is 0 Å². The lowest BCUT2D eigenvalue weighted by atomic mass is 10.1. The van der Waals surface area contributed by atoms with Gasteiger partial charge in [-0.3, -0.25) is 4.79 Å². The van der Waals surface area contributed by atoms with Crippen molar-refractivity contribution in [1.29, 1.82) is 0 Å². The first-order chi connectivity index (χ1) is 12.1.